The van der Waals surface area contributed by atoms with E-state index < -0.39 is 0 Å². The highest BCUT2D eigenvalue weighted by molar-refractivity contribution is 7.09. The summed E-state index contributed by atoms with van der Waals surface area (Å²) < 4.78 is 5.08. The zero-order valence-electron chi connectivity index (χ0n) is 13.2. The average Bonchev–Trinajstić information content (AvgIpc) is 3.11. The van der Waals surface area contributed by atoms with Crippen LogP contribution in [-0.2, 0) is 11.3 Å². The van der Waals surface area contributed by atoms with Gasteiger partial charge in [-0.2, -0.15) is 0 Å². The Morgan fingerprint density at radius 3 is 2.52 bits per heavy atom. The van der Waals surface area contributed by atoms with E-state index in [0.29, 0.717) is 24.4 Å². The Hall–Kier alpha value is -2.34. The number of hydrogen-bond donors (Lipinski definition) is 1. The average molecular weight is 332 g/mol. The topological polar surface area (TPSA) is 58.6 Å². The first-order valence-corrected chi connectivity index (χ1v) is 8.24. The fourth-order valence-electron chi connectivity index (χ4n) is 2.07. The maximum Gasteiger partial charge on any atom is 0.254 e. The maximum atomic E-state index is 12.5. The summed E-state index contributed by atoms with van der Waals surface area (Å²) in [6, 6.07) is 10.8. The summed E-state index contributed by atoms with van der Waals surface area (Å²) in [7, 11) is 1.58. The number of likely N-dealkylation sites (N-methyl/N-ethyl adjacent to an activating group) is 1. The molecule has 0 bridgehead atoms. The maximum absolute atomic E-state index is 12.5. The van der Waals surface area contributed by atoms with Crippen LogP contribution in [0, 0.1) is 0 Å². The van der Waals surface area contributed by atoms with Crippen molar-refractivity contribution in [3.8, 4) is 5.75 Å². The molecule has 2 rings (SSSR count). The third-order valence-electron chi connectivity index (χ3n) is 3.38. The minimum Gasteiger partial charge on any atom is -0.497 e. The molecular formula is C17H20N2O3S. The third kappa shape index (κ3) is 4.82. The number of amides is 2. The quantitative estimate of drug-likeness (QED) is 0.848. The van der Waals surface area contributed by atoms with Crippen molar-refractivity contribution in [2.24, 2.45) is 0 Å². The van der Waals surface area contributed by atoms with Gasteiger partial charge in [-0.05, 0) is 42.6 Å². The number of carbonyl (C=O) groups excluding carboxylic acids is 2. The van der Waals surface area contributed by atoms with Gasteiger partial charge in [-0.25, -0.2) is 0 Å². The summed E-state index contributed by atoms with van der Waals surface area (Å²) >= 11 is 1.59. The van der Waals surface area contributed by atoms with Crippen LogP contribution in [0.1, 0.15) is 22.2 Å². The van der Waals surface area contributed by atoms with Gasteiger partial charge in [0.25, 0.3) is 5.91 Å². The molecule has 6 heteroatoms. The summed E-state index contributed by atoms with van der Waals surface area (Å²) in [5, 5.41) is 4.80. The summed E-state index contributed by atoms with van der Waals surface area (Å²) in [5.41, 5.74) is 0.540. The second kappa shape index (κ2) is 8.33. The predicted octanol–water partition coefficient (Wildman–Crippen LogP) is 2.54. The van der Waals surface area contributed by atoms with Crippen molar-refractivity contribution in [2.75, 3.05) is 20.2 Å². The van der Waals surface area contributed by atoms with Crippen LogP contribution in [-0.4, -0.2) is 36.9 Å². The van der Waals surface area contributed by atoms with Crippen LogP contribution in [0.2, 0.25) is 0 Å². The van der Waals surface area contributed by atoms with Crippen LogP contribution in [0.15, 0.2) is 41.8 Å². The molecular weight excluding hydrogens is 312 g/mol. The third-order valence-corrected chi connectivity index (χ3v) is 4.26. The minimum atomic E-state index is -0.165. The molecule has 2 amide bonds. The lowest BCUT2D eigenvalue weighted by Gasteiger charge is -2.20. The molecule has 0 fully saturated rings. The molecule has 0 aliphatic rings. The molecule has 5 nitrogen and oxygen atoms in total. The van der Waals surface area contributed by atoms with E-state index in [1.54, 1.807) is 42.7 Å². The summed E-state index contributed by atoms with van der Waals surface area (Å²) in [6.45, 7) is 2.86. The molecule has 1 aromatic carbocycles. The zero-order chi connectivity index (χ0) is 16.7. The van der Waals surface area contributed by atoms with Crippen LogP contribution in [0.3, 0.4) is 0 Å². The van der Waals surface area contributed by atoms with Crippen LogP contribution < -0.4 is 10.1 Å². The molecule has 0 saturated heterocycles. The Bertz CT molecular complexity index is 638. The highest BCUT2D eigenvalue weighted by atomic mass is 32.1. The second-order valence-electron chi connectivity index (χ2n) is 4.90. The Morgan fingerprint density at radius 2 is 1.96 bits per heavy atom. The van der Waals surface area contributed by atoms with E-state index in [4.69, 9.17) is 4.74 Å². The van der Waals surface area contributed by atoms with E-state index in [2.05, 4.69) is 5.32 Å². The SMILES string of the molecule is CCN(CC(=O)NCc1cccs1)C(=O)c1ccc(OC)cc1. The first kappa shape index (κ1) is 17.0. The normalized spacial score (nSPS) is 10.2. The number of benzene rings is 1. The Morgan fingerprint density at radius 1 is 1.22 bits per heavy atom. The Labute approximate surface area is 139 Å². The smallest absolute Gasteiger partial charge is 0.254 e. The van der Waals surface area contributed by atoms with Gasteiger partial charge in [0.05, 0.1) is 20.2 Å². The van der Waals surface area contributed by atoms with Gasteiger partial charge in [-0.3, -0.25) is 9.59 Å². The lowest BCUT2D eigenvalue weighted by atomic mass is 10.2. The van der Waals surface area contributed by atoms with Gasteiger partial charge in [0.2, 0.25) is 5.91 Å². The molecule has 1 aromatic heterocycles. The van der Waals surface area contributed by atoms with Gasteiger partial charge < -0.3 is 15.0 Å². The summed E-state index contributed by atoms with van der Waals surface area (Å²) in [6.07, 6.45) is 0. The van der Waals surface area contributed by atoms with Crippen molar-refractivity contribution in [2.45, 2.75) is 13.5 Å². The van der Waals surface area contributed by atoms with Gasteiger partial charge in [0.15, 0.2) is 0 Å². The van der Waals surface area contributed by atoms with Crippen molar-refractivity contribution < 1.29 is 14.3 Å². The van der Waals surface area contributed by atoms with Crippen LogP contribution in [0.5, 0.6) is 5.75 Å². The Balaban J connectivity index is 1.92. The van der Waals surface area contributed by atoms with Gasteiger partial charge >= 0.3 is 0 Å². The minimum absolute atomic E-state index is 0.0484. The van der Waals surface area contributed by atoms with Crippen molar-refractivity contribution >= 4 is 23.2 Å². The van der Waals surface area contributed by atoms with Crippen molar-refractivity contribution in [3.05, 3.63) is 52.2 Å². The number of thiophene rings is 1. The Kier molecular flexibility index (Phi) is 6.17. The van der Waals surface area contributed by atoms with Crippen LogP contribution in [0.4, 0.5) is 0 Å². The fourth-order valence-corrected chi connectivity index (χ4v) is 2.72. The number of ether oxygens (including phenoxy) is 1. The molecule has 0 aliphatic heterocycles. The molecule has 1 heterocycles. The molecule has 0 radical (unpaired) electrons. The molecule has 2 aromatic rings. The van der Waals surface area contributed by atoms with Crippen LogP contribution >= 0.6 is 11.3 Å². The summed E-state index contributed by atoms with van der Waals surface area (Å²) in [4.78, 5) is 27.1. The predicted molar refractivity (Wildman–Crippen MR) is 90.7 cm³/mol. The number of nitrogens with one attached hydrogen (secondary N) is 1. The van der Waals surface area contributed by atoms with Crippen molar-refractivity contribution in [1.82, 2.24) is 10.2 Å². The second-order valence-corrected chi connectivity index (χ2v) is 5.94. The van der Waals surface area contributed by atoms with E-state index in [9.17, 15) is 9.59 Å². The van der Waals surface area contributed by atoms with Crippen LogP contribution in [0.25, 0.3) is 0 Å². The van der Waals surface area contributed by atoms with Gasteiger partial charge in [-0.15, -0.1) is 11.3 Å². The monoisotopic (exact) mass is 332 g/mol. The molecule has 23 heavy (non-hydrogen) atoms. The largest absolute Gasteiger partial charge is 0.497 e. The molecule has 0 spiro atoms. The molecule has 0 atom stereocenters. The summed E-state index contributed by atoms with van der Waals surface area (Å²) in [5.74, 6) is 0.363. The first-order chi connectivity index (χ1) is 11.1. The first-order valence-electron chi connectivity index (χ1n) is 7.36. The molecule has 0 saturated carbocycles. The van der Waals surface area contributed by atoms with Gasteiger partial charge in [-0.1, -0.05) is 6.07 Å². The number of hydrogen-bond acceptors (Lipinski definition) is 4. The van der Waals surface area contributed by atoms with Gasteiger partial charge in [0, 0.05) is 17.0 Å². The molecule has 122 valence electrons. The highest BCUT2D eigenvalue weighted by Gasteiger charge is 2.17. The van der Waals surface area contributed by atoms with E-state index in [-0.39, 0.29) is 18.4 Å². The fraction of sp³-hybridized carbons (Fsp3) is 0.294. The number of rotatable bonds is 7. The number of carbonyl (C=O) groups is 2. The van der Waals surface area contributed by atoms with E-state index >= 15 is 0 Å². The molecule has 0 unspecified atom stereocenters. The van der Waals surface area contributed by atoms with E-state index in [0.717, 1.165) is 4.88 Å². The molecule has 1 N–H and O–H groups in total. The molecule has 0 aliphatic carbocycles. The highest BCUT2D eigenvalue weighted by Crippen LogP contribution is 2.13. The zero-order valence-corrected chi connectivity index (χ0v) is 14.1. The number of nitrogens with zero attached hydrogens (tertiary/aromatic N) is 1. The van der Waals surface area contributed by atoms with Crippen molar-refractivity contribution in [3.63, 3.8) is 0 Å². The lowest BCUT2D eigenvalue weighted by Crippen LogP contribution is -2.40. The van der Waals surface area contributed by atoms with Crippen molar-refractivity contribution in [1.29, 1.82) is 0 Å². The standard InChI is InChI=1S/C17H20N2O3S/c1-3-19(12-16(20)18-11-15-5-4-10-23-15)17(21)13-6-8-14(22-2)9-7-13/h4-10H,3,11-12H2,1-2H3,(H,18,20). The number of methoxy groups -OCH3 is 1. The van der Waals surface area contributed by atoms with E-state index in [1.165, 1.54) is 4.90 Å². The van der Waals surface area contributed by atoms with Gasteiger partial charge in [0.1, 0.15) is 5.75 Å². The van der Waals surface area contributed by atoms with E-state index in [1.807, 2.05) is 24.4 Å². The lowest BCUT2D eigenvalue weighted by molar-refractivity contribution is -0.121.